The van der Waals surface area contributed by atoms with Crippen molar-refractivity contribution in [3.63, 3.8) is 0 Å². The molecule has 7 heavy (non-hydrogen) atoms. The maximum absolute atomic E-state index is 10.1. The Hall–Kier alpha value is 0.0400. The van der Waals surface area contributed by atoms with Crippen LogP contribution in [0.3, 0.4) is 0 Å². The second-order valence-corrected chi connectivity index (χ2v) is 0.857. The summed E-state index contributed by atoms with van der Waals surface area (Å²) in [5.41, 5.74) is -4.53. The zero-order valence-corrected chi connectivity index (χ0v) is 4.22. The molecule has 0 aromatic heterocycles. The molecule has 46 valence electrons. The fourth-order valence-corrected chi connectivity index (χ4v) is 0. The SMILES string of the molecule is CO.FC(F)(F)Cl. The van der Waals surface area contributed by atoms with Crippen LogP contribution >= 0.6 is 11.6 Å². The van der Waals surface area contributed by atoms with E-state index in [9.17, 15) is 13.2 Å². The van der Waals surface area contributed by atoms with Crippen molar-refractivity contribution in [3.05, 3.63) is 0 Å². The first-order chi connectivity index (χ1) is 3.00. The van der Waals surface area contributed by atoms with E-state index in [-0.39, 0.29) is 0 Å². The lowest BCUT2D eigenvalue weighted by atomic mass is 11.6. The Kier molecular flexibility index (Phi) is 6.07. The summed E-state index contributed by atoms with van der Waals surface area (Å²) in [7, 11) is 1.00. The molecule has 0 aromatic carbocycles. The molecule has 0 bridgehead atoms. The lowest BCUT2D eigenvalue weighted by molar-refractivity contribution is -0.0420. The number of halogens is 4. The monoisotopic (exact) mass is 136 g/mol. The van der Waals surface area contributed by atoms with Gasteiger partial charge in [0.25, 0.3) is 0 Å². The normalized spacial score (nSPS) is 9.43. The molecule has 0 unspecified atom stereocenters. The summed E-state index contributed by atoms with van der Waals surface area (Å²) in [4.78, 5) is 0. The molecule has 0 aliphatic carbocycles. The van der Waals surface area contributed by atoms with Crippen LogP contribution < -0.4 is 0 Å². The summed E-state index contributed by atoms with van der Waals surface area (Å²) in [6, 6.07) is 0. The molecule has 0 spiro atoms. The highest BCUT2D eigenvalue weighted by Gasteiger charge is 2.20. The van der Waals surface area contributed by atoms with Crippen LogP contribution in [0.1, 0.15) is 0 Å². The molecule has 0 atom stereocenters. The molecule has 0 aliphatic rings. The van der Waals surface area contributed by atoms with Gasteiger partial charge in [0.15, 0.2) is 0 Å². The Morgan fingerprint density at radius 3 is 1.29 bits per heavy atom. The van der Waals surface area contributed by atoms with E-state index in [0.717, 1.165) is 7.11 Å². The van der Waals surface area contributed by atoms with Crippen molar-refractivity contribution >= 4 is 11.6 Å². The molecule has 5 heteroatoms. The first-order valence-electron chi connectivity index (χ1n) is 1.20. The van der Waals surface area contributed by atoms with Gasteiger partial charge in [0.05, 0.1) is 0 Å². The van der Waals surface area contributed by atoms with Crippen molar-refractivity contribution in [2.24, 2.45) is 0 Å². The Bertz CT molecular complexity index is 28.4. The molecule has 0 heterocycles. The van der Waals surface area contributed by atoms with E-state index in [1.165, 1.54) is 0 Å². The Morgan fingerprint density at radius 2 is 1.29 bits per heavy atom. The fraction of sp³-hybridized carbons (Fsp3) is 1.00. The number of rotatable bonds is 0. The van der Waals surface area contributed by atoms with Crippen LogP contribution in [0.5, 0.6) is 0 Å². The molecule has 0 amide bonds. The van der Waals surface area contributed by atoms with Gasteiger partial charge in [-0.1, -0.05) is 0 Å². The highest BCUT2D eigenvalue weighted by molar-refractivity contribution is 6.20. The zero-order valence-electron chi connectivity index (χ0n) is 3.46. The first-order valence-corrected chi connectivity index (χ1v) is 1.58. The zero-order chi connectivity index (χ0) is 6.50. The summed E-state index contributed by atoms with van der Waals surface area (Å²) in [5.74, 6) is 0. The van der Waals surface area contributed by atoms with Gasteiger partial charge in [-0.15, -0.1) is 0 Å². The van der Waals surface area contributed by atoms with Gasteiger partial charge >= 0.3 is 5.64 Å². The van der Waals surface area contributed by atoms with Crippen molar-refractivity contribution < 1.29 is 18.3 Å². The largest absolute Gasteiger partial charge is 0.475 e. The maximum atomic E-state index is 10.1. The number of aliphatic hydroxyl groups is 1. The number of alkyl halides is 4. The smallest absolute Gasteiger partial charge is 0.400 e. The van der Waals surface area contributed by atoms with Crippen molar-refractivity contribution in [3.8, 4) is 0 Å². The van der Waals surface area contributed by atoms with Gasteiger partial charge in [-0.2, -0.15) is 13.2 Å². The second-order valence-electron chi connectivity index (χ2n) is 0.429. The van der Waals surface area contributed by atoms with E-state index in [1.807, 2.05) is 0 Å². The topological polar surface area (TPSA) is 20.2 Å². The van der Waals surface area contributed by atoms with E-state index in [2.05, 4.69) is 11.6 Å². The molecule has 1 N–H and O–H groups in total. The Labute approximate surface area is 43.7 Å². The van der Waals surface area contributed by atoms with Crippen molar-refractivity contribution in [1.82, 2.24) is 0 Å². The van der Waals surface area contributed by atoms with Gasteiger partial charge in [0, 0.05) is 7.11 Å². The first kappa shape index (κ1) is 10.1. The maximum Gasteiger partial charge on any atom is 0.475 e. The van der Waals surface area contributed by atoms with Crippen LogP contribution in [0, 0.1) is 0 Å². The lowest BCUT2D eigenvalue weighted by Crippen LogP contribution is -1.89. The predicted octanol–water partition coefficient (Wildman–Crippen LogP) is 1.35. The third kappa shape index (κ3) is 61600. The molecule has 1 nitrogen and oxygen atoms in total. The minimum Gasteiger partial charge on any atom is -0.400 e. The van der Waals surface area contributed by atoms with Crippen LogP contribution in [-0.2, 0) is 0 Å². The third-order valence-electron chi connectivity index (χ3n) is 0. The van der Waals surface area contributed by atoms with Gasteiger partial charge in [-0.05, 0) is 11.6 Å². The highest BCUT2D eigenvalue weighted by atomic mass is 35.5. The van der Waals surface area contributed by atoms with E-state index in [1.54, 1.807) is 0 Å². The molecular weight excluding hydrogens is 132 g/mol. The predicted molar refractivity (Wildman–Crippen MR) is 20.1 cm³/mol. The summed E-state index contributed by atoms with van der Waals surface area (Å²) in [6.45, 7) is 0. The fourth-order valence-electron chi connectivity index (χ4n) is 0. The lowest BCUT2D eigenvalue weighted by Gasteiger charge is -1.84. The van der Waals surface area contributed by atoms with Gasteiger partial charge in [0.1, 0.15) is 0 Å². The average molecular weight is 136 g/mol. The van der Waals surface area contributed by atoms with Crippen LogP contribution in [0.15, 0.2) is 0 Å². The van der Waals surface area contributed by atoms with Crippen molar-refractivity contribution in [2.45, 2.75) is 5.64 Å². The number of hydrogen-bond acceptors (Lipinski definition) is 1. The quantitative estimate of drug-likeness (QED) is 0.499. The third-order valence-corrected chi connectivity index (χ3v) is 0. The molecular formula is C2H4ClF3O. The molecule has 0 radical (unpaired) electrons. The second kappa shape index (κ2) is 4.21. The number of hydrogen-bond donors (Lipinski definition) is 1. The van der Waals surface area contributed by atoms with Gasteiger partial charge in [-0.3, -0.25) is 0 Å². The van der Waals surface area contributed by atoms with E-state index >= 15 is 0 Å². The molecule has 0 aromatic rings. The standard InChI is InChI=1S/CClF3.CH4O/c2-1(3,4)5;1-2/h;2H,1H3. The van der Waals surface area contributed by atoms with Crippen LogP contribution in [-0.4, -0.2) is 17.9 Å². The van der Waals surface area contributed by atoms with Crippen molar-refractivity contribution in [2.75, 3.05) is 7.11 Å². The van der Waals surface area contributed by atoms with Crippen LogP contribution in [0.25, 0.3) is 0 Å². The van der Waals surface area contributed by atoms with E-state index in [0.29, 0.717) is 0 Å². The van der Waals surface area contributed by atoms with Crippen LogP contribution in [0.2, 0.25) is 0 Å². The summed E-state index contributed by atoms with van der Waals surface area (Å²) >= 11 is 3.53. The Balaban J connectivity index is 0. The summed E-state index contributed by atoms with van der Waals surface area (Å²) < 4.78 is 30.4. The van der Waals surface area contributed by atoms with Gasteiger partial charge in [0.2, 0.25) is 0 Å². The summed E-state index contributed by atoms with van der Waals surface area (Å²) in [5, 5.41) is 7.00. The minimum absolute atomic E-state index is 1.00. The molecule has 0 fully saturated rings. The van der Waals surface area contributed by atoms with Crippen molar-refractivity contribution in [1.29, 1.82) is 0 Å². The Morgan fingerprint density at radius 1 is 1.29 bits per heavy atom. The molecule has 0 saturated carbocycles. The number of aliphatic hydroxyl groups excluding tert-OH is 1. The highest BCUT2D eigenvalue weighted by Crippen LogP contribution is 2.18. The van der Waals surface area contributed by atoms with Gasteiger partial charge in [-0.25, -0.2) is 0 Å². The average Bonchev–Trinajstić information content (AvgIpc) is 1.36. The molecule has 0 rings (SSSR count). The minimum atomic E-state index is -4.53. The summed E-state index contributed by atoms with van der Waals surface area (Å²) in [6.07, 6.45) is 0. The van der Waals surface area contributed by atoms with E-state index in [4.69, 9.17) is 5.11 Å². The van der Waals surface area contributed by atoms with Gasteiger partial charge < -0.3 is 5.11 Å². The molecule has 0 saturated heterocycles. The van der Waals surface area contributed by atoms with E-state index < -0.39 is 5.64 Å². The molecule has 0 aliphatic heterocycles. The van der Waals surface area contributed by atoms with Crippen LogP contribution in [0.4, 0.5) is 13.2 Å².